The first-order chi connectivity index (χ1) is 8.78. The Labute approximate surface area is 105 Å². The number of nitrogens with one attached hydrogen (secondary N) is 1. The first kappa shape index (κ1) is 10.7. The van der Waals surface area contributed by atoms with E-state index in [0.717, 1.165) is 16.8 Å². The molecule has 2 N–H and O–H groups in total. The maximum absolute atomic E-state index is 9.59. The van der Waals surface area contributed by atoms with Crippen LogP contribution in [0, 0.1) is 0 Å². The summed E-state index contributed by atoms with van der Waals surface area (Å²) >= 11 is 0. The number of ether oxygens (including phenoxy) is 1. The number of phenols is 1. The summed E-state index contributed by atoms with van der Waals surface area (Å²) in [4.78, 5) is 3.35. The van der Waals surface area contributed by atoms with E-state index < -0.39 is 0 Å². The number of benzene rings is 2. The topological polar surface area (TPSA) is 45.2 Å². The minimum Gasteiger partial charge on any atom is -0.504 e. The molecule has 1 aromatic heterocycles. The lowest BCUT2D eigenvalue weighted by atomic mass is 10.1. The number of hydrogen-bond acceptors (Lipinski definition) is 2. The molecule has 0 saturated carbocycles. The molecule has 1 heterocycles. The fraction of sp³-hybridized carbons (Fsp3) is 0.0667. The van der Waals surface area contributed by atoms with Crippen LogP contribution in [0.1, 0.15) is 0 Å². The molecule has 0 bridgehead atoms. The van der Waals surface area contributed by atoms with Gasteiger partial charge in [-0.1, -0.05) is 18.2 Å². The summed E-state index contributed by atoms with van der Waals surface area (Å²) in [6.07, 6.45) is 0. The molecule has 0 amide bonds. The maximum atomic E-state index is 9.59. The van der Waals surface area contributed by atoms with Gasteiger partial charge in [0.25, 0.3) is 0 Å². The second kappa shape index (κ2) is 4.11. The molecule has 2 aromatic carbocycles. The van der Waals surface area contributed by atoms with E-state index in [-0.39, 0.29) is 5.75 Å². The number of phenolic OH excluding ortho intramolecular Hbond substituents is 1. The van der Waals surface area contributed by atoms with Gasteiger partial charge in [-0.2, -0.15) is 0 Å². The zero-order valence-electron chi connectivity index (χ0n) is 9.97. The summed E-state index contributed by atoms with van der Waals surface area (Å²) in [5.41, 5.74) is 3.09. The van der Waals surface area contributed by atoms with Crippen LogP contribution in [0.15, 0.2) is 48.5 Å². The molecule has 3 heteroatoms. The van der Waals surface area contributed by atoms with Crippen molar-refractivity contribution in [1.82, 2.24) is 4.98 Å². The van der Waals surface area contributed by atoms with Gasteiger partial charge in [0.05, 0.1) is 7.11 Å². The number of aromatic hydroxyl groups is 1. The van der Waals surface area contributed by atoms with Crippen molar-refractivity contribution in [3.05, 3.63) is 48.5 Å². The molecule has 0 aliphatic heterocycles. The van der Waals surface area contributed by atoms with Gasteiger partial charge in [-0.3, -0.25) is 0 Å². The van der Waals surface area contributed by atoms with E-state index in [1.807, 2.05) is 30.3 Å². The second-order valence-electron chi connectivity index (χ2n) is 4.16. The Kier molecular flexibility index (Phi) is 2.45. The Morgan fingerprint density at radius 1 is 1.06 bits per heavy atom. The van der Waals surface area contributed by atoms with Crippen molar-refractivity contribution in [3.63, 3.8) is 0 Å². The lowest BCUT2D eigenvalue weighted by Crippen LogP contribution is -1.85. The fourth-order valence-electron chi connectivity index (χ4n) is 2.07. The predicted molar refractivity (Wildman–Crippen MR) is 72.0 cm³/mol. The van der Waals surface area contributed by atoms with Crippen molar-refractivity contribution in [2.24, 2.45) is 0 Å². The first-order valence-corrected chi connectivity index (χ1v) is 5.73. The van der Waals surface area contributed by atoms with Crippen molar-refractivity contribution in [2.75, 3.05) is 7.11 Å². The number of H-pyrrole nitrogens is 1. The maximum Gasteiger partial charge on any atom is 0.161 e. The van der Waals surface area contributed by atoms with Gasteiger partial charge in [0.1, 0.15) is 0 Å². The van der Waals surface area contributed by atoms with Gasteiger partial charge in [0.15, 0.2) is 11.5 Å². The van der Waals surface area contributed by atoms with Crippen LogP contribution in [-0.2, 0) is 0 Å². The highest BCUT2D eigenvalue weighted by molar-refractivity contribution is 5.86. The molecule has 0 spiro atoms. The minimum atomic E-state index is 0.150. The molecule has 3 rings (SSSR count). The molecule has 18 heavy (non-hydrogen) atoms. The lowest BCUT2D eigenvalue weighted by Gasteiger charge is -2.05. The van der Waals surface area contributed by atoms with Crippen molar-refractivity contribution in [3.8, 4) is 22.8 Å². The molecule has 3 aromatic rings. The third-order valence-corrected chi connectivity index (χ3v) is 3.02. The molecule has 3 nitrogen and oxygen atoms in total. The average molecular weight is 239 g/mol. The van der Waals surface area contributed by atoms with Crippen molar-refractivity contribution < 1.29 is 9.84 Å². The number of aromatic amines is 1. The summed E-state index contributed by atoms with van der Waals surface area (Å²) in [5.74, 6) is 0.628. The van der Waals surface area contributed by atoms with Crippen LogP contribution in [0.25, 0.3) is 22.2 Å². The third kappa shape index (κ3) is 1.70. The summed E-state index contributed by atoms with van der Waals surface area (Å²) in [5, 5.41) is 10.8. The number of aromatic nitrogens is 1. The zero-order valence-corrected chi connectivity index (χ0v) is 9.97. The Morgan fingerprint density at radius 3 is 2.67 bits per heavy atom. The quantitative estimate of drug-likeness (QED) is 0.718. The molecule has 0 unspecified atom stereocenters. The largest absolute Gasteiger partial charge is 0.504 e. The van der Waals surface area contributed by atoms with Crippen LogP contribution in [-0.4, -0.2) is 17.2 Å². The highest BCUT2D eigenvalue weighted by Gasteiger charge is 2.06. The first-order valence-electron chi connectivity index (χ1n) is 5.73. The Balaban J connectivity index is 2.13. The molecular formula is C15H13NO2. The molecule has 90 valence electrons. The van der Waals surface area contributed by atoms with Gasteiger partial charge in [0.2, 0.25) is 0 Å². The molecule has 0 radical (unpaired) electrons. The molecule has 0 fully saturated rings. The molecular weight excluding hydrogens is 226 g/mol. The number of rotatable bonds is 2. The Hall–Kier alpha value is -2.42. The van der Waals surface area contributed by atoms with Gasteiger partial charge in [-0.25, -0.2) is 0 Å². The monoisotopic (exact) mass is 239 g/mol. The standard InChI is InChI=1S/C15H13NO2/c1-18-15-9-11(6-7-14(15)17)13-8-10-4-2-3-5-12(10)16-13/h2-9,16-17H,1H3. The van der Waals surface area contributed by atoms with Gasteiger partial charge < -0.3 is 14.8 Å². The highest BCUT2D eigenvalue weighted by atomic mass is 16.5. The Morgan fingerprint density at radius 2 is 1.89 bits per heavy atom. The lowest BCUT2D eigenvalue weighted by molar-refractivity contribution is 0.373. The van der Waals surface area contributed by atoms with E-state index >= 15 is 0 Å². The van der Waals surface area contributed by atoms with Crippen molar-refractivity contribution in [2.45, 2.75) is 0 Å². The van der Waals surface area contributed by atoms with Gasteiger partial charge in [-0.05, 0) is 30.3 Å². The van der Waals surface area contributed by atoms with E-state index in [4.69, 9.17) is 4.74 Å². The predicted octanol–water partition coefficient (Wildman–Crippen LogP) is 3.55. The number of methoxy groups -OCH3 is 1. The zero-order chi connectivity index (χ0) is 12.5. The van der Waals surface area contributed by atoms with E-state index in [9.17, 15) is 5.11 Å². The van der Waals surface area contributed by atoms with Crippen LogP contribution in [0.4, 0.5) is 0 Å². The van der Waals surface area contributed by atoms with Crippen LogP contribution < -0.4 is 4.74 Å². The van der Waals surface area contributed by atoms with E-state index in [1.165, 1.54) is 5.39 Å². The Bertz CT molecular complexity index is 668. The van der Waals surface area contributed by atoms with E-state index in [2.05, 4.69) is 17.1 Å². The van der Waals surface area contributed by atoms with Gasteiger partial charge >= 0.3 is 0 Å². The molecule has 0 saturated heterocycles. The highest BCUT2D eigenvalue weighted by Crippen LogP contribution is 2.32. The molecule has 0 atom stereocenters. The molecule has 0 aliphatic rings. The molecule has 0 aliphatic carbocycles. The smallest absolute Gasteiger partial charge is 0.161 e. The van der Waals surface area contributed by atoms with Crippen molar-refractivity contribution in [1.29, 1.82) is 0 Å². The second-order valence-corrected chi connectivity index (χ2v) is 4.16. The van der Waals surface area contributed by atoms with E-state index in [1.54, 1.807) is 13.2 Å². The fourth-order valence-corrected chi connectivity index (χ4v) is 2.07. The van der Waals surface area contributed by atoms with E-state index in [0.29, 0.717) is 5.75 Å². The van der Waals surface area contributed by atoms with Crippen LogP contribution in [0.5, 0.6) is 11.5 Å². The van der Waals surface area contributed by atoms with Crippen LogP contribution >= 0.6 is 0 Å². The summed E-state index contributed by atoms with van der Waals surface area (Å²) < 4.78 is 5.12. The summed E-state index contributed by atoms with van der Waals surface area (Å²) in [6.45, 7) is 0. The summed E-state index contributed by atoms with van der Waals surface area (Å²) in [7, 11) is 1.55. The number of para-hydroxylation sites is 1. The normalized spacial score (nSPS) is 10.7. The SMILES string of the molecule is COc1cc(-c2cc3ccccc3[nH]2)ccc1O. The van der Waals surface area contributed by atoms with Gasteiger partial charge in [-0.15, -0.1) is 0 Å². The van der Waals surface area contributed by atoms with Gasteiger partial charge in [0, 0.05) is 22.2 Å². The van der Waals surface area contributed by atoms with Crippen LogP contribution in [0.3, 0.4) is 0 Å². The summed E-state index contributed by atoms with van der Waals surface area (Å²) in [6, 6.07) is 15.5. The third-order valence-electron chi connectivity index (χ3n) is 3.02. The van der Waals surface area contributed by atoms with Crippen molar-refractivity contribution >= 4 is 10.9 Å². The minimum absolute atomic E-state index is 0.150. The number of hydrogen-bond donors (Lipinski definition) is 2. The average Bonchev–Trinajstić information content (AvgIpc) is 2.83. The van der Waals surface area contributed by atoms with Crippen LogP contribution in [0.2, 0.25) is 0 Å². The number of fused-ring (bicyclic) bond motifs is 1.